The zero-order chi connectivity index (χ0) is 14.7. The summed E-state index contributed by atoms with van der Waals surface area (Å²) < 4.78 is 11.4. The standard InChI is InChI=1S/C16H20N2O3/c1-11(12-6-7-12)8-17-16(19)18-9-13-10-20-14-4-2-3-5-15(14)21-13/h2-5,8,12-13H,6-7,9-10H2,1H3,(H2,17,18,19)/b11-8+. The molecule has 1 atom stereocenters. The van der Waals surface area contributed by atoms with E-state index in [-0.39, 0.29) is 12.1 Å². The van der Waals surface area contributed by atoms with Gasteiger partial charge in [0.1, 0.15) is 6.61 Å². The van der Waals surface area contributed by atoms with Crippen LogP contribution in [0, 0.1) is 5.92 Å². The quantitative estimate of drug-likeness (QED) is 0.894. The summed E-state index contributed by atoms with van der Waals surface area (Å²) in [5, 5.41) is 5.55. The van der Waals surface area contributed by atoms with E-state index >= 15 is 0 Å². The number of rotatable bonds is 4. The highest BCUT2D eigenvalue weighted by Crippen LogP contribution is 2.35. The molecule has 1 heterocycles. The summed E-state index contributed by atoms with van der Waals surface area (Å²) in [6.45, 7) is 2.90. The van der Waals surface area contributed by atoms with Gasteiger partial charge in [-0.1, -0.05) is 17.7 Å². The smallest absolute Gasteiger partial charge is 0.318 e. The average Bonchev–Trinajstić information content (AvgIpc) is 3.35. The van der Waals surface area contributed by atoms with E-state index in [0.29, 0.717) is 19.1 Å². The molecule has 1 aliphatic carbocycles. The fourth-order valence-electron chi connectivity index (χ4n) is 2.26. The third-order valence-corrected chi connectivity index (χ3v) is 3.71. The molecule has 5 nitrogen and oxygen atoms in total. The highest BCUT2D eigenvalue weighted by Gasteiger charge is 2.23. The number of urea groups is 1. The van der Waals surface area contributed by atoms with Crippen LogP contribution in [0.1, 0.15) is 19.8 Å². The van der Waals surface area contributed by atoms with E-state index in [1.165, 1.54) is 18.4 Å². The van der Waals surface area contributed by atoms with Crippen LogP contribution < -0.4 is 20.1 Å². The molecule has 5 heteroatoms. The van der Waals surface area contributed by atoms with Crippen LogP contribution in [0.5, 0.6) is 11.5 Å². The van der Waals surface area contributed by atoms with Gasteiger partial charge in [-0.2, -0.15) is 0 Å². The zero-order valence-electron chi connectivity index (χ0n) is 12.1. The number of benzene rings is 1. The van der Waals surface area contributed by atoms with E-state index in [9.17, 15) is 4.79 Å². The largest absolute Gasteiger partial charge is 0.486 e. The molecule has 0 spiro atoms. The second-order valence-electron chi connectivity index (χ2n) is 5.51. The van der Waals surface area contributed by atoms with Crippen LogP contribution in [0.4, 0.5) is 4.79 Å². The van der Waals surface area contributed by atoms with E-state index in [2.05, 4.69) is 10.6 Å². The van der Waals surface area contributed by atoms with Crippen molar-refractivity contribution in [3.8, 4) is 11.5 Å². The fourth-order valence-corrected chi connectivity index (χ4v) is 2.26. The molecule has 0 aromatic heterocycles. The van der Waals surface area contributed by atoms with E-state index in [1.54, 1.807) is 6.20 Å². The molecule has 1 aromatic rings. The second-order valence-corrected chi connectivity index (χ2v) is 5.51. The number of nitrogens with one attached hydrogen (secondary N) is 2. The van der Waals surface area contributed by atoms with Gasteiger partial charge in [0.05, 0.1) is 6.54 Å². The first-order chi connectivity index (χ1) is 10.2. The van der Waals surface area contributed by atoms with Crippen molar-refractivity contribution in [3.63, 3.8) is 0 Å². The van der Waals surface area contributed by atoms with Crippen molar-refractivity contribution in [2.75, 3.05) is 13.2 Å². The molecule has 0 saturated heterocycles. The third-order valence-electron chi connectivity index (χ3n) is 3.71. The summed E-state index contributed by atoms with van der Waals surface area (Å²) in [4.78, 5) is 11.7. The first-order valence-electron chi connectivity index (χ1n) is 7.32. The van der Waals surface area contributed by atoms with Crippen LogP contribution in [0.25, 0.3) is 0 Å². The van der Waals surface area contributed by atoms with Crippen molar-refractivity contribution >= 4 is 6.03 Å². The number of amides is 2. The maximum absolute atomic E-state index is 11.7. The van der Waals surface area contributed by atoms with Crippen molar-refractivity contribution in [3.05, 3.63) is 36.0 Å². The molecule has 112 valence electrons. The molecule has 0 radical (unpaired) electrons. The number of allylic oxidation sites excluding steroid dienone is 1. The number of hydrogen-bond acceptors (Lipinski definition) is 3. The topological polar surface area (TPSA) is 59.6 Å². The van der Waals surface area contributed by atoms with Crippen molar-refractivity contribution in [2.24, 2.45) is 5.92 Å². The molecule has 1 aromatic carbocycles. The predicted octanol–water partition coefficient (Wildman–Crippen LogP) is 2.44. The van der Waals surface area contributed by atoms with Crippen LogP contribution >= 0.6 is 0 Å². The van der Waals surface area contributed by atoms with Crippen molar-refractivity contribution in [1.29, 1.82) is 0 Å². The number of ether oxygens (including phenoxy) is 2. The lowest BCUT2D eigenvalue weighted by Crippen LogP contribution is -2.43. The van der Waals surface area contributed by atoms with Gasteiger partial charge in [0.25, 0.3) is 0 Å². The van der Waals surface area contributed by atoms with Crippen molar-refractivity contribution in [2.45, 2.75) is 25.9 Å². The van der Waals surface area contributed by atoms with E-state index in [0.717, 1.165) is 11.5 Å². The monoisotopic (exact) mass is 288 g/mol. The lowest BCUT2D eigenvalue weighted by Gasteiger charge is -2.26. The van der Waals surface area contributed by atoms with E-state index in [1.807, 2.05) is 31.2 Å². The summed E-state index contributed by atoms with van der Waals surface area (Å²) in [7, 11) is 0. The molecular weight excluding hydrogens is 268 g/mol. The molecule has 2 aliphatic rings. The Morgan fingerprint density at radius 3 is 2.86 bits per heavy atom. The molecular formula is C16H20N2O3. The minimum absolute atomic E-state index is 0.167. The van der Waals surface area contributed by atoms with Crippen LogP contribution in [0.3, 0.4) is 0 Å². The Morgan fingerprint density at radius 1 is 1.33 bits per heavy atom. The van der Waals surface area contributed by atoms with Gasteiger partial charge in [0.15, 0.2) is 17.6 Å². The van der Waals surface area contributed by atoms with Crippen LogP contribution in [0.2, 0.25) is 0 Å². The van der Waals surface area contributed by atoms with Gasteiger partial charge >= 0.3 is 6.03 Å². The number of carbonyl (C=O) groups is 1. The van der Waals surface area contributed by atoms with Crippen molar-refractivity contribution in [1.82, 2.24) is 10.6 Å². The summed E-state index contributed by atoms with van der Waals surface area (Å²) in [6, 6.07) is 7.33. The molecule has 2 N–H and O–H groups in total. The SMILES string of the molecule is C/C(=C\NC(=O)NCC1COc2ccccc2O1)C1CC1. The molecule has 1 fully saturated rings. The highest BCUT2D eigenvalue weighted by atomic mass is 16.6. The number of carbonyl (C=O) groups excluding carboxylic acids is 1. The molecule has 1 aliphatic heterocycles. The summed E-state index contributed by atoms with van der Waals surface area (Å²) >= 11 is 0. The molecule has 1 unspecified atom stereocenters. The lowest BCUT2D eigenvalue weighted by molar-refractivity contribution is 0.0919. The summed E-state index contributed by atoms with van der Waals surface area (Å²) in [5.41, 5.74) is 1.23. The summed E-state index contributed by atoms with van der Waals surface area (Å²) in [6.07, 6.45) is 4.09. The first kappa shape index (κ1) is 13.8. The van der Waals surface area contributed by atoms with E-state index in [4.69, 9.17) is 9.47 Å². The number of hydrogen-bond donors (Lipinski definition) is 2. The Labute approximate surface area is 124 Å². The van der Waals surface area contributed by atoms with Gasteiger partial charge in [-0.25, -0.2) is 4.79 Å². The second kappa shape index (κ2) is 6.08. The van der Waals surface area contributed by atoms with Crippen LogP contribution in [-0.2, 0) is 0 Å². The minimum atomic E-state index is -0.211. The minimum Gasteiger partial charge on any atom is -0.486 e. The molecule has 1 saturated carbocycles. The van der Waals surface area contributed by atoms with Crippen LogP contribution in [-0.4, -0.2) is 25.3 Å². The van der Waals surface area contributed by atoms with Crippen molar-refractivity contribution < 1.29 is 14.3 Å². The molecule has 3 rings (SSSR count). The maximum atomic E-state index is 11.7. The molecule has 0 bridgehead atoms. The lowest BCUT2D eigenvalue weighted by atomic mass is 10.2. The van der Waals surface area contributed by atoms with Crippen LogP contribution in [0.15, 0.2) is 36.0 Å². The average molecular weight is 288 g/mol. The Morgan fingerprint density at radius 2 is 2.10 bits per heavy atom. The number of para-hydroxylation sites is 2. The Hall–Kier alpha value is -2.17. The molecule has 21 heavy (non-hydrogen) atoms. The van der Waals surface area contributed by atoms with Gasteiger partial charge in [-0.05, 0) is 37.8 Å². The summed E-state index contributed by atoms with van der Waals surface area (Å²) in [5.74, 6) is 2.14. The Bertz CT molecular complexity index is 552. The highest BCUT2D eigenvalue weighted by molar-refractivity contribution is 5.75. The van der Waals surface area contributed by atoms with E-state index < -0.39 is 0 Å². The third kappa shape index (κ3) is 3.68. The Kier molecular flexibility index (Phi) is 3.99. The predicted molar refractivity (Wildman–Crippen MR) is 79.4 cm³/mol. The zero-order valence-corrected chi connectivity index (χ0v) is 12.1. The normalized spacial score (nSPS) is 20.8. The molecule has 2 amide bonds. The fraction of sp³-hybridized carbons (Fsp3) is 0.438. The van der Waals surface area contributed by atoms with Gasteiger partial charge in [-0.15, -0.1) is 0 Å². The first-order valence-corrected chi connectivity index (χ1v) is 7.32. The Balaban J connectivity index is 1.43. The van der Waals surface area contributed by atoms with Gasteiger partial charge in [-0.3, -0.25) is 0 Å². The van der Waals surface area contributed by atoms with Gasteiger partial charge < -0.3 is 20.1 Å². The van der Waals surface area contributed by atoms with Gasteiger partial charge in [0, 0.05) is 6.20 Å². The number of fused-ring (bicyclic) bond motifs is 1. The van der Waals surface area contributed by atoms with Gasteiger partial charge in [0.2, 0.25) is 0 Å². The maximum Gasteiger partial charge on any atom is 0.318 e.